The first-order valence-corrected chi connectivity index (χ1v) is 6.16. The van der Waals surface area contributed by atoms with Crippen molar-refractivity contribution in [1.29, 1.82) is 0 Å². The van der Waals surface area contributed by atoms with E-state index >= 15 is 0 Å². The van der Waals surface area contributed by atoms with Crippen molar-refractivity contribution in [3.05, 3.63) is 29.3 Å². The van der Waals surface area contributed by atoms with Gasteiger partial charge in [-0.15, -0.1) is 0 Å². The topological polar surface area (TPSA) is 26.3 Å². The van der Waals surface area contributed by atoms with Crippen LogP contribution in [0, 0.1) is 6.92 Å². The van der Waals surface area contributed by atoms with Crippen LogP contribution in [0.25, 0.3) is 0 Å². The van der Waals surface area contributed by atoms with Gasteiger partial charge in [-0.3, -0.25) is 4.79 Å². The summed E-state index contributed by atoms with van der Waals surface area (Å²) in [5, 5.41) is 0. The molecule has 0 aliphatic heterocycles. The number of hydrogen-bond donors (Lipinski definition) is 0. The summed E-state index contributed by atoms with van der Waals surface area (Å²) < 4.78 is 5.43. The van der Waals surface area contributed by atoms with E-state index in [1.165, 1.54) is 5.56 Å². The Bertz CT molecular complexity index is 400. The van der Waals surface area contributed by atoms with Gasteiger partial charge in [0.1, 0.15) is 5.75 Å². The molecule has 0 unspecified atom stereocenters. The van der Waals surface area contributed by atoms with Crippen molar-refractivity contribution in [2.24, 2.45) is 0 Å². The van der Waals surface area contributed by atoms with E-state index in [2.05, 4.69) is 26.8 Å². The number of rotatable bonds is 3. The molecule has 0 aliphatic rings. The van der Waals surface area contributed by atoms with Crippen molar-refractivity contribution in [1.82, 2.24) is 0 Å². The number of esters is 1. The number of aryl methyl sites for hydroxylation is 1. The quantitative estimate of drug-likeness (QED) is 0.583. The van der Waals surface area contributed by atoms with Crippen LogP contribution in [0.15, 0.2) is 18.2 Å². The van der Waals surface area contributed by atoms with Crippen LogP contribution in [0.3, 0.4) is 0 Å². The number of hydrogen-bond acceptors (Lipinski definition) is 2. The molecule has 0 atom stereocenters. The number of ether oxygens (including phenoxy) is 1. The average molecular weight is 234 g/mol. The summed E-state index contributed by atoms with van der Waals surface area (Å²) in [6, 6.07) is 5.96. The maximum Gasteiger partial charge on any atom is 0.311 e. The van der Waals surface area contributed by atoms with Crippen LogP contribution in [-0.2, 0) is 10.2 Å². The van der Waals surface area contributed by atoms with E-state index in [0.29, 0.717) is 12.2 Å². The highest BCUT2D eigenvalue weighted by molar-refractivity contribution is 5.72. The Balaban J connectivity index is 3.03. The second kappa shape index (κ2) is 5.35. The van der Waals surface area contributed by atoms with Gasteiger partial charge < -0.3 is 4.74 Å². The lowest BCUT2D eigenvalue weighted by Crippen LogP contribution is -2.16. The number of benzene rings is 1. The van der Waals surface area contributed by atoms with E-state index in [1.807, 2.05) is 26.0 Å². The maximum absolute atomic E-state index is 11.6. The van der Waals surface area contributed by atoms with Gasteiger partial charge in [0.15, 0.2) is 0 Å². The molecule has 0 aromatic heterocycles. The lowest BCUT2D eigenvalue weighted by atomic mass is 9.85. The van der Waals surface area contributed by atoms with Crippen LogP contribution < -0.4 is 4.74 Å². The predicted octanol–water partition coefficient (Wildman–Crippen LogP) is 4.00. The van der Waals surface area contributed by atoms with Crippen LogP contribution in [0.1, 0.15) is 51.7 Å². The fourth-order valence-corrected chi connectivity index (χ4v) is 1.70. The smallest absolute Gasteiger partial charge is 0.311 e. The molecule has 0 bridgehead atoms. The predicted molar refractivity (Wildman–Crippen MR) is 70.4 cm³/mol. The van der Waals surface area contributed by atoms with E-state index in [4.69, 9.17) is 4.74 Å². The summed E-state index contributed by atoms with van der Waals surface area (Å²) in [6.45, 7) is 10.4. The van der Waals surface area contributed by atoms with E-state index in [0.717, 1.165) is 12.0 Å². The normalized spacial score (nSPS) is 11.4. The molecule has 0 fully saturated rings. The zero-order valence-corrected chi connectivity index (χ0v) is 11.5. The molecule has 0 saturated heterocycles. The van der Waals surface area contributed by atoms with Gasteiger partial charge in [0, 0.05) is 12.0 Å². The van der Waals surface area contributed by atoms with Gasteiger partial charge in [-0.25, -0.2) is 0 Å². The van der Waals surface area contributed by atoms with Crippen LogP contribution >= 0.6 is 0 Å². The summed E-state index contributed by atoms with van der Waals surface area (Å²) in [5.74, 6) is 0.545. The zero-order chi connectivity index (χ0) is 13.1. The third kappa shape index (κ3) is 3.88. The van der Waals surface area contributed by atoms with Gasteiger partial charge in [0.2, 0.25) is 0 Å². The minimum absolute atomic E-state index is 0.0200. The molecular formula is C15H22O2. The summed E-state index contributed by atoms with van der Waals surface area (Å²) in [7, 11) is 0. The fraction of sp³-hybridized carbons (Fsp3) is 0.533. The third-order valence-corrected chi connectivity index (χ3v) is 2.62. The Morgan fingerprint density at radius 2 is 1.94 bits per heavy atom. The van der Waals surface area contributed by atoms with Crippen LogP contribution in [0.4, 0.5) is 0 Å². The molecule has 1 aromatic rings. The van der Waals surface area contributed by atoms with E-state index in [9.17, 15) is 4.79 Å². The molecule has 0 aliphatic carbocycles. The first kappa shape index (κ1) is 13.8. The Morgan fingerprint density at radius 1 is 1.29 bits per heavy atom. The number of carbonyl (C=O) groups excluding carboxylic acids is 1. The minimum atomic E-state index is -0.151. The average Bonchev–Trinajstić information content (AvgIpc) is 2.19. The van der Waals surface area contributed by atoms with Crippen molar-refractivity contribution in [3.63, 3.8) is 0 Å². The molecule has 0 N–H and O–H groups in total. The summed E-state index contributed by atoms with van der Waals surface area (Å²) >= 11 is 0. The molecule has 0 saturated carbocycles. The minimum Gasteiger partial charge on any atom is -0.426 e. The Labute approximate surface area is 104 Å². The second-order valence-electron chi connectivity index (χ2n) is 5.47. The van der Waals surface area contributed by atoms with Gasteiger partial charge in [-0.1, -0.05) is 45.4 Å². The highest BCUT2D eigenvalue weighted by Gasteiger charge is 2.20. The first-order chi connectivity index (χ1) is 7.84. The van der Waals surface area contributed by atoms with Gasteiger partial charge in [-0.05, 0) is 24.8 Å². The molecule has 1 rings (SSSR count). The molecule has 1 aromatic carbocycles. The Morgan fingerprint density at radius 3 is 2.47 bits per heavy atom. The van der Waals surface area contributed by atoms with Gasteiger partial charge in [-0.2, -0.15) is 0 Å². The molecule has 0 amide bonds. The first-order valence-electron chi connectivity index (χ1n) is 6.16. The van der Waals surface area contributed by atoms with Crippen molar-refractivity contribution < 1.29 is 9.53 Å². The summed E-state index contributed by atoms with van der Waals surface area (Å²) in [6.07, 6.45) is 1.28. The SMILES string of the molecule is CCCC(=O)Oc1ccc(C)cc1C(C)(C)C. The monoisotopic (exact) mass is 234 g/mol. The van der Waals surface area contributed by atoms with Gasteiger partial charge in [0.25, 0.3) is 0 Å². The fourth-order valence-electron chi connectivity index (χ4n) is 1.70. The van der Waals surface area contributed by atoms with Gasteiger partial charge in [0.05, 0.1) is 0 Å². The molecular weight excluding hydrogens is 212 g/mol. The standard InChI is InChI=1S/C15H22O2/c1-6-7-14(16)17-13-9-8-11(2)10-12(13)15(3,4)5/h8-10H,6-7H2,1-5H3. The second-order valence-corrected chi connectivity index (χ2v) is 5.47. The number of carbonyl (C=O) groups is 1. The van der Waals surface area contributed by atoms with Crippen LogP contribution in [0.5, 0.6) is 5.75 Å². The highest BCUT2D eigenvalue weighted by atomic mass is 16.5. The molecule has 17 heavy (non-hydrogen) atoms. The molecule has 2 heteroatoms. The largest absolute Gasteiger partial charge is 0.426 e. The van der Waals surface area contributed by atoms with E-state index in [-0.39, 0.29) is 11.4 Å². The summed E-state index contributed by atoms with van der Waals surface area (Å²) in [5.41, 5.74) is 2.25. The van der Waals surface area contributed by atoms with E-state index < -0.39 is 0 Å². The lowest BCUT2D eigenvalue weighted by molar-refractivity contribution is -0.134. The van der Waals surface area contributed by atoms with Crippen LogP contribution in [0.2, 0.25) is 0 Å². The van der Waals surface area contributed by atoms with Crippen molar-refractivity contribution >= 4 is 5.97 Å². The molecule has 0 radical (unpaired) electrons. The molecule has 94 valence electrons. The van der Waals surface area contributed by atoms with Gasteiger partial charge >= 0.3 is 5.97 Å². The maximum atomic E-state index is 11.6. The lowest BCUT2D eigenvalue weighted by Gasteiger charge is -2.22. The molecule has 2 nitrogen and oxygen atoms in total. The summed E-state index contributed by atoms with van der Waals surface area (Å²) in [4.78, 5) is 11.6. The van der Waals surface area contributed by atoms with Crippen molar-refractivity contribution in [2.75, 3.05) is 0 Å². The van der Waals surface area contributed by atoms with Crippen molar-refractivity contribution in [2.45, 2.75) is 52.9 Å². The Hall–Kier alpha value is -1.31. The highest BCUT2D eigenvalue weighted by Crippen LogP contribution is 2.32. The third-order valence-electron chi connectivity index (χ3n) is 2.62. The molecule has 0 spiro atoms. The van der Waals surface area contributed by atoms with E-state index in [1.54, 1.807) is 0 Å². The van der Waals surface area contributed by atoms with Crippen molar-refractivity contribution in [3.8, 4) is 5.75 Å². The van der Waals surface area contributed by atoms with Crippen LogP contribution in [-0.4, -0.2) is 5.97 Å². The molecule has 0 heterocycles. The zero-order valence-electron chi connectivity index (χ0n) is 11.5. The Kier molecular flexibility index (Phi) is 4.33.